The summed E-state index contributed by atoms with van der Waals surface area (Å²) in [6.45, 7) is 0.0846. The lowest BCUT2D eigenvalue weighted by molar-refractivity contribution is -0.383. The molecule has 1 aromatic carbocycles. The van der Waals surface area contributed by atoms with Crippen molar-refractivity contribution in [1.82, 2.24) is 4.57 Å². The quantitative estimate of drug-likeness (QED) is 0.394. The Morgan fingerprint density at radius 3 is 2.76 bits per heavy atom. The van der Waals surface area contributed by atoms with E-state index in [4.69, 9.17) is 0 Å². The van der Waals surface area contributed by atoms with Crippen LogP contribution in [0.25, 0.3) is 10.9 Å². The first-order valence-corrected chi connectivity index (χ1v) is 7.68. The molecule has 0 radical (unpaired) electrons. The molecule has 2 aromatic heterocycles. The zero-order valence-corrected chi connectivity index (χ0v) is 13.1. The highest BCUT2D eigenvalue weighted by Gasteiger charge is 2.17. The molecule has 2 heterocycles. The van der Waals surface area contributed by atoms with Crippen LogP contribution in [-0.4, -0.2) is 15.3 Å². The zero-order chi connectivity index (χ0) is 15.0. The molecule has 0 aliphatic heterocycles. The molecule has 21 heavy (non-hydrogen) atoms. The Morgan fingerprint density at radius 2 is 2.10 bits per heavy atom. The first-order chi connectivity index (χ1) is 10.1. The molecule has 0 bridgehead atoms. The highest BCUT2D eigenvalue weighted by molar-refractivity contribution is 9.11. The summed E-state index contributed by atoms with van der Waals surface area (Å²) in [5, 5.41) is 11.9. The van der Waals surface area contributed by atoms with E-state index in [1.165, 1.54) is 17.4 Å². The fourth-order valence-corrected chi connectivity index (χ4v) is 3.53. The van der Waals surface area contributed by atoms with Crippen LogP contribution >= 0.6 is 27.3 Å². The van der Waals surface area contributed by atoms with Crippen molar-refractivity contribution in [3.05, 3.63) is 61.4 Å². The lowest BCUT2D eigenvalue weighted by atomic mass is 10.2. The molecule has 106 valence electrons. The minimum Gasteiger partial charge on any atom is -0.334 e. The number of ketones is 1. The maximum Gasteiger partial charge on any atom is 0.293 e. The number of halogens is 1. The van der Waals surface area contributed by atoms with Crippen LogP contribution < -0.4 is 0 Å². The number of hydrogen-bond acceptors (Lipinski definition) is 4. The summed E-state index contributed by atoms with van der Waals surface area (Å²) in [6.07, 6.45) is 1.71. The predicted octanol–water partition coefficient (Wildman–Crippen LogP) is 4.26. The number of aromatic nitrogens is 1. The SMILES string of the molecule is O=C(Cn1ccc2cccc([N+](=O)[O-])c21)c1ccc(Br)s1. The van der Waals surface area contributed by atoms with Crippen molar-refractivity contribution in [2.45, 2.75) is 6.54 Å². The maximum absolute atomic E-state index is 12.2. The van der Waals surface area contributed by atoms with Gasteiger partial charge in [-0.25, -0.2) is 0 Å². The van der Waals surface area contributed by atoms with Crippen molar-refractivity contribution in [1.29, 1.82) is 0 Å². The third kappa shape index (κ3) is 2.62. The van der Waals surface area contributed by atoms with Gasteiger partial charge in [0.2, 0.25) is 0 Å². The highest BCUT2D eigenvalue weighted by Crippen LogP contribution is 2.28. The lowest BCUT2D eigenvalue weighted by Gasteiger charge is -2.04. The van der Waals surface area contributed by atoms with E-state index in [9.17, 15) is 14.9 Å². The Balaban J connectivity index is 2.01. The van der Waals surface area contributed by atoms with Crippen LogP contribution in [0.3, 0.4) is 0 Å². The number of Topliss-reactive ketones (excluding diaryl/α,β-unsaturated/α-hetero) is 1. The Morgan fingerprint density at radius 1 is 1.29 bits per heavy atom. The summed E-state index contributed by atoms with van der Waals surface area (Å²) >= 11 is 4.67. The molecule has 0 saturated heterocycles. The van der Waals surface area contributed by atoms with Gasteiger partial charge >= 0.3 is 0 Å². The van der Waals surface area contributed by atoms with Crippen molar-refractivity contribution in [2.24, 2.45) is 0 Å². The number of rotatable bonds is 4. The molecule has 0 aliphatic carbocycles. The average Bonchev–Trinajstić information content (AvgIpc) is 3.05. The van der Waals surface area contributed by atoms with E-state index in [-0.39, 0.29) is 18.0 Å². The summed E-state index contributed by atoms with van der Waals surface area (Å²) in [5.74, 6) is -0.0682. The number of hydrogen-bond donors (Lipinski definition) is 0. The van der Waals surface area contributed by atoms with Crippen LogP contribution in [-0.2, 0) is 6.54 Å². The van der Waals surface area contributed by atoms with Gasteiger partial charge < -0.3 is 4.57 Å². The highest BCUT2D eigenvalue weighted by atomic mass is 79.9. The number of nitro groups is 1. The number of carbonyl (C=O) groups is 1. The molecule has 3 aromatic rings. The van der Waals surface area contributed by atoms with Gasteiger partial charge in [-0.3, -0.25) is 14.9 Å². The molecule has 3 rings (SSSR count). The zero-order valence-electron chi connectivity index (χ0n) is 10.7. The Kier molecular flexibility index (Phi) is 3.60. The topological polar surface area (TPSA) is 65.1 Å². The van der Waals surface area contributed by atoms with E-state index < -0.39 is 4.92 Å². The van der Waals surface area contributed by atoms with Gasteiger partial charge in [0.1, 0.15) is 5.52 Å². The van der Waals surface area contributed by atoms with Gasteiger partial charge in [-0.05, 0) is 34.1 Å². The standard InChI is InChI=1S/C14H9BrN2O3S/c15-13-5-4-12(21-13)11(18)8-16-7-6-9-2-1-3-10(14(9)16)17(19)20/h1-7H,8H2. The third-order valence-corrected chi connectivity index (χ3v) is 4.79. The number of carbonyl (C=O) groups excluding carboxylic acids is 1. The van der Waals surface area contributed by atoms with E-state index in [2.05, 4.69) is 15.9 Å². The minimum atomic E-state index is -0.426. The van der Waals surface area contributed by atoms with Gasteiger partial charge in [-0.2, -0.15) is 0 Å². The van der Waals surface area contributed by atoms with E-state index in [1.807, 2.05) is 6.07 Å². The monoisotopic (exact) mass is 364 g/mol. The number of nitro benzene ring substituents is 1. The van der Waals surface area contributed by atoms with E-state index >= 15 is 0 Å². The number of benzene rings is 1. The van der Waals surface area contributed by atoms with Crippen molar-refractivity contribution < 1.29 is 9.72 Å². The second-order valence-corrected chi connectivity index (χ2v) is 6.91. The van der Waals surface area contributed by atoms with Crippen LogP contribution in [0.1, 0.15) is 9.67 Å². The molecule has 7 heteroatoms. The second-order valence-electron chi connectivity index (χ2n) is 4.44. The summed E-state index contributed by atoms with van der Waals surface area (Å²) in [6, 6.07) is 10.2. The molecule has 0 amide bonds. The fraction of sp³-hybridized carbons (Fsp3) is 0.0714. The molecule has 0 fully saturated rings. The molecule has 0 aliphatic rings. The maximum atomic E-state index is 12.2. The smallest absolute Gasteiger partial charge is 0.293 e. The van der Waals surface area contributed by atoms with Gasteiger partial charge in [-0.15, -0.1) is 11.3 Å². The summed E-state index contributed by atoms with van der Waals surface area (Å²) in [5.41, 5.74) is 0.490. The van der Waals surface area contributed by atoms with Crippen molar-refractivity contribution in [3.8, 4) is 0 Å². The normalized spacial score (nSPS) is 10.9. The largest absolute Gasteiger partial charge is 0.334 e. The second kappa shape index (κ2) is 5.42. The van der Waals surface area contributed by atoms with Crippen LogP contribution in [0.5, 0.6) is 0 Å². The predicted molar refractivity (Wildman–Crippen MR) is 84.9 cm³/mol. The number of nitrogens with zero attached hydrogens (tertiary/aromatic N) is 2. The molecular weight excluding hydrogens is 356 g/mol. The molecule has 0 N–H and O–H groups in total. The first-order valence-electron chi connectivity index (χ1n) is 6.07. The molecule has 0 unspecified atom stereocenters. The number of para-hydroxylation sites is 1. The summed E-state index contributed by atoms with van der Waals surface area (Å²) in [4.78, 5) is 23.6. The molecule has 5 nitrogen and oxygen atoms in total. The van der Waals surface area contributed by atoms with Crippen molar-refractivity contribution >= 4 is 49.6 Å². The van der Waals surface area contributed by atoms with Crippen LogP contribution in [0.2, 0.25) is 0 Å². The van der Waals surface area contributed by atoms with Gasteiger partial charge in [0.15, 0.2) is 5.78 Å². The average molecular weight is 365 g/mol. The third-order valence-electron chi connectivity index (χ3n) is 3.13. The first kappa shape index (κ1) is 14.0. The molecule has 0 atom stereocenters. The van der Waals surface area contributed by atoms with Gasteiger partial charge in [0.05, 0.1) is 20.1 Å². The van der Waals surface area contributed by atoms with Crippen LogP contribution in [0, 0.1) is 10.1 Å². The fourth-order valence-electron chi connectivity index (χ4n) is 2.22. The molecule has 0 spiro atoms. The Hall–Kier alpha value is -1.99. The number of thiophene rings is 1. The minimum absolute atomic E-state index is 0.0117. The summed E-state index contributed by atoms with van der Waals surface area (Å²) in [7, 11) is 0. The lowest BCUT2D eigenvalue weighted by Crippen LogP contribution is -2.08. The van der Waals surface area contributed by atoms with Gasteiger partial charge in [-0.1, -0.05) is 12.1 Å². The Bertz CT molecular complexity index is 853. The molecule has 0 saturated carbocycles. The van der Waals surface area contributed by atoms with Crippen LogP contribution in [0.4, 0.5) is 5.69 Å². The number of non-ortho nitro benzene ring substituents is 1. The number of fused-ring (bicyclic) bond motifs is 1. The van der Waals surface area contributed by atoms with E-state index in [1.54, 1.807) is 35.0 Å². The Labute approximate surface area is 132 Å². The van der Waals surface area contributed by atoms with Crippen molar-refractivity contribution in [2.75, 3.05) is 0 Å². The van der Waals surface area contributed by atoms with E-state index in [0.29, 0.717) is 10.4 Å². The van der Waals surface area contributed by atoms with E-state index in [0.717, 1.165) is 9.17 Å². The van der Waals surface area contributed by atoms with Crippen LogP contribution in [0.15, 0.2) is 46.4 Å². The van der Waals surface area contributed by atoms with Crippen molar-refractivity contribution in [3.63, 3.8) is 0 Å². The van der Waals surface area contributed by atoms with Gasteiger partial charge in [0, 0.05) is 17.6 Å². The van der Waals surface area contributed by atoms with Gasteiger partial charge in [0.25, 0.3) is 5.69 Å². The summed E-state index contributed by atoms with van der Waals surface area (Å²) < 4.78 is 2.51. The molecular formula is C14H9BrN2O3S.